The van der Waals surface area contributed by atoms with Crippen LogP contribution >= 0.6 is 0 Å². The van der Waals surface area contributed by atoms with Gasteiger partial charge in [0, 0.05) is 13.1 Å². The summed E-state index contributed by atoms with van der Waals surface area (Å²) in [5, 5.41) is 3.49. The Kier molecular flexibility index (Phi) is 3.59. The van der Waals surface area contributed by atoms with Gasteiger partial charge in [0.05, 0.1) is 11.7 Å². The van der Waals surface area contributed by atoms with E-state index in [1.54, 1.807) is 12.1 Å². The number of morpholine rings is 1. The van der Waals surface area contributed by atoms with Gasteiger partial charge in [-0.05, 0) is 48.8 Å². The standard InChI is InChI=1S/C17H24FNO/c1-16(2)6-8-17(9-7-16)12-19-11-15(20-17)13-4-3-5-14(18)10-13/h3-5,10,15,19H,6-9,11-12H2,1-2H3. The van der Waals surface area contributed by atoms with Gasteiger partial charge in [-0.3, -0.25) is 0 Å². The SMILES string of the molecule is CC1(C)CCC2(CC1)CNCC(c1cccc(F)c1)O2. The molecule has 110 valence electrons. The third-order valence-corrected chi connectivity index (χ3v) is 4.90. The molecule has 3 rings (SSSR count). The first-order valence-electron chi connectivity index (χ1n) is 7.62. The van der Waals surface area contributed by atoms with Gasteiger partial charge in [-0.15, -0.1) is 0 Å². The summed E-state index contributed by atoms with van der Waals surface area (Å²) in [6.07, 6.45) is 4.56. The molecule has 0 bridgehead atoms. The van der Waals surface area contributed by atoms with Gasteiger partial charge in [0.25, 0.3) is 0 Å². The molecule has 3 heteroatoms. The molecule has 1 aliphatic carbocycles. The van der Waals surface area contributed by atoms with Gasteiger partial charge in [-0.1, -0.05) is 26.0 Å². The Hall–Kier alpha value is -0.930. The maximum Gasteiger partial charge on any atom is 0.123 e. The Labute approximate surface area is 120 Å². The maximum absolute atomic E-state index is 13.4. The first-order chi connectivity index (χ1) is 9.48. The van der Waals surface area contributed by atoms with E-state index in [1.807, 2.05) is 6.07 Å². The Bertz CT molecular complexity index is 476. The molecule has 1 spiro atoms. The fourth-order valence-electron chi connectivity index (χ4n) is 3.39. The van der Waals surface area contributed by atoms with Crippen molar-refractivity contribution in [2.75, 3.05) is 13.1 Å². The molecule has 2 nitrogen and oxygen atoms in total. The largest absolute Gasteiger partial charge is 0.364 e. The summed E-state index contributed by atoms with van der Waals surface area (Å²) >= 11 is 0. The van der Waals surface area contributed by atoms with E-state index in [2.05, 4.69) is 19.2 Å². The molecule has 1 N–H and O–H groups in total. The van der Waals surface area contributed by atoms with Crippen LogP contribution in [-0.2, 0) is 4.74 Å². The number of rotatable bonds is 1. The maximum atomic E-state index is 13.4. The van der Waals surface area contributed by atoms with E-state index in [0.29, 0.717) is 5.41 Å². The summed E-state index contributed by atoms with van der Waals surface area (Å²) in [6, 6.07) is 6.80. The fourth-order valence-corrected chi connectivity index (χ4v) is 3.39. The lowest BCUT2D eigenvalue weighted by Gasteiger charge is -2.48. The second-order valence-corrected chi connectivity index (χ2v) is 7.14. The molecule has 0 aromatic heterocycles. The van der Waals surface area contributed by atoms with Crippen LogP contribution in [0.25, 0.3) is 0 Å². The van der Waals surface area contributed by atoms with Gasteiger partial charge >= 0.3 is 0 Å². The second kappa shape index (κ2) is 5.12. The molecule has 2 aliphatic rings. The molecular formula is C17H24FNO. The van der Waals surface area contributed by atoms with Crippen LogP contribution in [0.2, 0.25) is 0 Å². The van der Waals surface area contributed by atoms with Gasteiger partial charge in [-0.2, -0.15) is 0 Å². The molecule has 1 unspecified atom stereocenters. The van der Waals surface area contributed by atoms with E-state index in [0.717, 1.165) is 31.5 Å². The lowest BCUT2D eigenvalue weighted by atomic mass is 9.70. The molecule has 1 aromatic rings. The van der Waals surface area contributed by atoms with Crippen LogP contribution in [0.1, 0.15) is 51.2 Å². The Balaban J connectivity index is 1.74. The van der Waals surface area contributed by atoms with Crippen LogP contribution < -0.4 is 5.32 Å². The van der Waals surface area contributed by atoms with Crippen molar-refractivity contribution >= 4 is 0 Å². The Morgan fingerprint density at radius 3 is 2.65 bits per heavy atom. The van der Waals surface area contributed by atoms with Crippen LogP contribution in [0.3, 0.4) is 0 Å². The highest BCUT2D eigenvalue weighted by molar-refractivity contribution is 5.20. The highest BCUT2D eigenvalue weighted by Gasteiger charge is 2.42. The molecule has 1 saturated carbocycles. The lowest BCUT2D eigenvalue weighted by Crippen LogP contribution is -2.53. The summed E-state index contributed by atoms with van der Waals surface area (Å²) < 4.78 is 19.8. The zero-order valence-corrected chi connectivity index (χ0v) is 12.4. The van der Waals surface area contributed by atoms with Crippen molar-refractivity contribution in [3.63, 3.8) is 0 Å². The highest BCUT2D eigenvalue weighted by atomic mass is 19.1. The lowest BCUT2D eigenvalue weighted by molar-refractivity contribution is -0.147. The van der Waals surface area contributed by atoms with Gasteiger partial charge < -0.3 is 10.1 Å². The zero-order valence-electron chi connectivity index (χ0n) is 12.4. The minimum absolute atomic E-state index is 0.0272. The number of nitrogens with one attached hydrogen (secondary N) is 1. The van der Waals surface area contributed by atoms with Crippen molar-refractivity contribution in [3.8, 4) is 0 Å². The fraction of sp³-hybridized carbons (Fsp3) is 0.647. The van der Waals surface area contributed by atoms with E-state index in [-0.39, 0.29) is 17.5 Å². The molecule has 0 radical (unpaired) electrons. The molecule has 1 atom stereocenters. The molecule has 1 aliphatic heterocycles. The monoisotopic (exact) mass is 277 g/mol. The van der Waals surface area contributed by atoms with Crippen LogP contribution in [-0.4, -0.2) is 18.7 Å². The van der Waals surface area contributed by atoms with Crippen LogP contribution in [0.15, 0.2) is 24.3 Å². The van der Waals surface area contributed by atoms with E-state index in [9.17, 15) is 4.39 Å². The van der Waals surface area contributed by atoms with Gasteiger partial charge in [0.2, 0.25) is 0 Å². The molecular weight excluding hydrogens is 253 g/mol. The molecule has 20 heavy (non-hydrogen) atoms. The van der Waals surface area contributed by atoms with Crippen LogP contribution in [0.4, 0.5) is 4.39 Å². The van der Waals surface area contributed by atoms with Crippen LogP contribution in [0.5, 0.6) is 0 Å². The number of hydrogen-bond acceptors (Lipinski definition) is 2. The number of hydrogen-bond donors (Lipinski definition) is 1. The third kappa shape index (κ3) is 2.89. The number of benzene rings is 1. The molecule has 1 saturated heterocycles. The summed E-state index contributed by atoms with van der Waals surface area (Å²) in [4.78, 5) is 0. The summed E-state index contributed by atoms with van der Waals surface area (Å²) in [7, 11) is 0. The highest BCUT2D eigenvalue weighted by Crippen LogP contribution is 2.44. The molecule has 1 aromatic carbocycles. The van der Waals surface area contributed by atoms with Crippen molar-refractivity contribution in [2.45, 2.75) is 51.2 Å². The zero-order chi connectivity index (χ0) is 14.2. The normalized spacial score (nSPS) is 28.4. The van der Waals surface area contributed by atoms with Crippen molar-refractivity contribution < 1.29 is 9.13 Å². The molecule has 1 heterocycles. The smallest absolute Gasteiger partial charge is 0.123 e. The third-order valence-electron chi connectivity index (χ3n) is 4.90. The van der Waals surface area contributed by atoms with E-state index < -0.39 is 0 Å². The van der Waals surface area contributed by atoms with E-state index in [1.165, 1.54) is 18.9 Å². The topological polar surface area (TPSA) is 21.3 Å². The average molecular weight is 277 g/mol. The van der Waals surface area contributed by atoms with E-state index in [4.69, 9.17) is 4.74 Å². The van der Waals surface area contributed by atoms with Crippen molar-refractivity contribution in [1.29, 1.82) is 0 Å². The predicted molar refractivity (Wildman–Crippen MR) is 78.1 cm³/mol. The minimum atomic E-state index is -0.185. The van der Waals surface area contributed by atoms with Crippen LogP contribution in [0, 0.1) is 11.2 Å². The molecule has 0 amide bonds. The number of ether oxygens (including phenoxy) is 1. The minimum Gasteiger partial charge on any atom is -0.364 e. The second-order valence-electron chi connectivity index (χ2n) is 7.14. The Morgan fingerprint density at radius 2 is 1.95 bits per heavy atom. The van der Waals surface area contributed by atoms with Gasteiger partial charge in [0.1, 0.15) is 5.82 Å². The Morgan fingerprint density at radius 1 is 1.20 bits per heavy atom. The first-order valence-corrected chi connectivity index (χ1v) is 7.62. The molecule has 2 fully saturated rings. The van der Waals surface area contributed by atoms with Crippen molar-refractivity contribution in [3.05, 3.63) is 35.6 Å². The summed E-state index contributed by atoms with van der Waals surface area (Å²) in [6.45, 7) is 6.36. The number of halogens is 1. The van der Waals surface area contributed by atoms with Crippen molar-refractivity contribution in [2.24, 2.45) is 5.41 Å². The van der Waals surface area contributed by atoms with E-state index >= 15 is 0 Å². The summed E-state index contributed by atoms with van der Waals surface area (Å²) in [5.74, 6) is -0.185. The van der Waals surface area contributed by atoms with Gasteiger partial charge in [-0.25, -0.2) is 4.39 Å². The predicted octanol–water partition coefficient (Wildman–Crippen LogP) is 3.83. The van der Waals surface area contributed by atoms with Crippen molar-refractivity contribution in [1.82, 2.24) is 5.32 Å². The summed E-state index contributed by atoms with van der Waals surface area (Å²) in [5.41, 5.74) is 1.33. The average Bonchev–Trinajstić information content (AvgIpc) is 2.43. The first kappa shape index (κ1) is 14.0. The van der Waals surface area contributed by atoms with Gasteiger partial charge in [0.15, 0.2) is 0 Å². The quantitative estimate of drug-likeness (QED) is 0.842.